The number of carboxylic acids is 1. The third kappa shape index (κ3) is 4.21. The molecule has 0 fully saturated rings. The number of fused-ring (bicyclic) bond motifs is 1. The topological polar surface area (TPSA) is 113 Å². The van der Waals surface area contributed by atoms with Crippen LogP contribution in [0.3, 0.4) is 0 Å². The van der Waals surface area contributed by atoms with Crippen LogP contribution >= 0.6 is 0 Å². The zero-order chi connectivity index (χ0) is 24.2. The molecular weight excluding hydrogens is 434 g/mol. The summed E-state index contributed by atoms with van der Waals surface area (Å²) in [6, 6.07) is 18.6. The van der Waals surface area contributed by atoms with Crippen LogP contribution in [0.25, 0.3) is 22.0 Å². The molecule has 0 aliphatic rings. The Balaban J connectivity index is 1.70. The number of carbonyl (C=O) groups is 2. The molecule has 1 aromatic heterocycles. The molecule has 0 unspecified atom stereocenters. The number of amides is 1. The lowest BCUT2D eigenvalue weighted by Crippen LogP contribution is -2.19. The summed E-state index contributed by atoms with van der Waals surface area (Å²) in [6.45, 7) is 1.99. The first kappa shape index (κ1) is 22.6. The van der Waals surface area contributed by atoms with Crippen LogP contribution in [0.5, 0.6) is 11.5 Å². The highest BCUT2D eigenvalue weighted by Gasteiger charge is 2.21. The second-order valence-corrected chi connectivity index (χ2v) is 7.56. The number of H-pyrrole nitrogens is 1. The molecule has 8 nitrogen and oxygen atoms in total. The second kappa shape index (κ2) is 9.50. The van der Waals surface area contributed by atoms with E-state index >= 15 is 0 Å². The van der Waals surface area contributed by atoms with Crippen LogP contribution in [0.15, 0.2) is 65.8 Å². The zero-order valence-corrected chi connectivity index (χ0v) is 18.9. The molecular formula is C26H23N3O5. The van der Waals surface area contributed by atoms with E-state index in [4.69, 9.17) is 9.47 Å². The van der Waals surface area contributed by atoms with Gasteiger partial charge in [0.15, 0.2) is 11.5 Å². The van der Waals surface area contributed by atoms with Crippen LogP contribution < -0.4 is 14.9 Å². The van der Waals surface area contributed by atoms with Crippen molar-refractivity contribution in [3.63, 3.8) is 0 Å². The van der Waals surface area contributed by atoms with Gasteiger partial charge in [-0.2, -0.15) is 5.10 Å². The van der Waals surface area contributed by atoms with Crippen molar-refractivity contribution >= 4 is 29.0 Å². The SMILES string of the molecule is COc1ccc(C=NNC(=O)c2[nH]c3ccc(C)cc3c2-c2ccccc2)c(C(=O)O)c1OC. The van der Waals surface area contributed by atoms with Gasteiger partial charge in [0, 0.05) is 22.0 Å². The number of carbonyl (C=O) groups excluding carboxylic acids is 1. The Bertz CT molecular complexity index is 1410. The van der Waals surface area contributed by atoms with E-state index in [0.29, 0.717) is 5.69 Å². The molecule has 0 saturated heterocycles. The molecule has 0 radical (unpaired) electrons. The van der Waals surface area contributed by atoms with Crippen molar-refractivity contribution < 1.29 is 24.2 Å². The summed E-state index contributed by atoms with van der Waals surface area (Å²) in [5, 5.41) is 14.6. The summed E-state index contributed by atoms with van der Waals surface area (Å²) in [7, 11) is 2.78. The molecule has 172 valence electrons. The Morgan fingerprint density at radius 3 is 2.47 bits per heavy atom. The Hall–Kier alpha value is -4.59. The Morgan fingerprint density at radius 2 is 1.79 bits per heavy atom. The van der Waals surface area contributed by atoms with Crippen molar-refractivity contribution in [2.24, 2.45) is 5.10 Å². The number of hydrogen-bond acceptors (Lipinski definition) is 5. The molecule has 0 bridgehead atoms. The molecule has 0 spiro atoms. The van der Waals surface area contributed by atoms with E-state index in [2.05, 4.69) is 15.5 Å². The van der Waals surface area contributed by atoms with Crippen LogP contribution in [0.4, 0.5) is 0 Å². The number of benzene rings is 3. The van der Waals surface area contributed by atoms with E-state index in [9.17, 15) is 14.7 Å². The van der Waals surface area contributed by atoms with Gasteiger partial charge in [0.1, 0.15) is 11.3 Å². The predicted octanol–water partition coefficient (Wildman–Crippen LogP) is 4.62. The summed E-state index contributed by atoms with van der Waals surface area (Å²) in [5.74, 6) is -1.31. The molecule has 4 aromatic rings. The maximum Gasteiger partial charge on any atom is 0.340 e. The van der Waals surface area contributed by atoms with Gasteiger partial charge in [0.2, 0.25) is 0 Å². The number of carboxylic acid groups (broad SMARTS) is 1. The van der Waals surface area contributed by atoms with E-state index < -0.39 is 11.9 Å². The van der Waals surface area contributed by atoms with Gasteiger partial charge < -0.3 is 19.6 Å². The number of aromatic amines is 1. The van der Waals surface area contributed by atoms with Crippen molar-refractivity contribution in [3.05, 3.63) is 83.0 Å². The molecule has 0 aliphatic heterocycles. The molecule has 0 atom stereocenters. The summed E-state index contributed by atoms with van der Waals surface area (Å²) < 4.78 is 10.4. The number of rotatable bonds is 7. The molecule has 3 N–H and O–H groups in total. The number of nitrogens with zero attached hydrogens (tertiary/aromatic N) is 1. The van der Waals surface area contributed by atoms with Gasteiger partial charge in [-0.25, -0.2) is 10.2 Å². The normalized spacial score (nSPS) is 11.0. The van der Waals surface area contributed by atoms with E-state index in [-0.39, 0.29) is 22.6 Å². The van der Waals surface area contributed by atoms with Crippen LogP contribution in [0.1, 0.15) is 32.0 Å². The van der Waals surface area contributed by atoms with Crippen molar-refractivity contribution in [2.45, 2.75) is 6.92 Å². The maximum atomic E-state index is 13.1. The van der Waals surface area contributed by atoms with Crippen molar-refractivity contribution in [3.8, 4) is 22.6 Å². The summed E-state index contributed by atoms with van der Waals surface area (Å²) in [4.78, 5) is 28.1. The molecule has 4 rings (SSSR count). The van der Waals surface area contributed by atoms with Gasteiger partial charge in [-0.05, 0) is 36.8 Å². The lowest BCUT2D eigenvalue weighted by atomic mass is 10.0. The maximum absolute atomic E-state index is 13.1. The number of aryl methyl sites for hydroxylation is 1. The Labute approximate surface area is 195 Å². The fourth-order valence-corrected chi connectivity index (χ4v) is 3.87. The van der Waals surface area contributed by atoms with Crippen LogP contribution in [0, 0.1) is 6.92 Å². The van der Waals surface area contributed by atoms with Gasteiger partial charge in [-0.1, -0.05) is 42.0 Å². The lowest BCUT2D eigenvalue weighted by Gasteiger charge is -2.12. The highest BCUT2D eigenvalue weighted by Crippen LogP contribution is 2.34. The number of hydrogen-bond donors (Lipinski definition) is 3. The van der Waals surface area contributed by atoms with Crippen LogP contribution in [0.2, 0.25) is 0 Å². The average molecular weight is 457 g/mol. The number of aromatic nitrogens is 1. The van der Waals surface area contributed by atoms with Gasteiger partial charge >= 0.3 is 5.97 Å². The molecule has 34 heavy (non-hydrogen) atoms. The highest BCUT2D eigenvalue weighted by molar-refractivity contribution is 6.10. The van der Waals surface area contributed by atoms with E-state index in [1.165, 1.54) is 26.5 Å². The average Bonchev–Trinajstić information content (AvgIpc) is 3.22. The molecule has 3 aromatic carbocycles. The second-order valence-electron chi connectivity index (χ2n) is 7.56. The minimum atomic E-state index is -1.21. The quantitative estimate of drug-likeness (QED) is 0.277. The summed E-state index contributed by atoms with van der Waals surface area (Å²) in [6.07, 6.45) is 1.26. The van der Waals surface area contributed by atoms with Gasteiger partial charge in [-0.15, -0.1) is 0 Å². The van der Waals surface area contributed by atoms with Crippen molar-refractivity contribution in [2.75, 3.05) is 14.2 Å². The monoisotopic (exact) mass is 457 g/mol. The first-order chi connectivity index (χ1) is 16.4. The summed E-state index contributed by atoms with van der Waals surface area (Å²) >= 11 is 0. The van der Waals surface area contributed by atoms with Crippen LogP contribution in [-0.4, -0.2) is 42.4 Å². The van der Waals surface area contributed by atoms with E-state index in [0.717, 1.165) is 27.6 Å². The zero-order valence-electron chi connectivity index (χ0n) is 18.9. The van der Waals surface area contributed by atoms with Gasteiger partial charge in [0.05, 0.1) is 20.4 Å². The first-order valence-corrected chi connectivity index (χ1v) is 10.4. The lowest BCUT2D eigenvalue weighted by molar-refractivity contribution is 0.0692. The third-order valence-electron chi connectivity index (χ3n) is 5.41. The van der Waals surface area contributed by atoms with Crippen molar-refractivity contribution in [1.82, 2.24) is 10.4 Å². The Morgan fingerprint density at radius 1 is 1.03 bits per heavy atom. The molecule has 8 heteroatoms. The molecule has 0 aliphatic carbocycles. The smallest absolute Gasteiger partial charge is 0.340 e. The molecule has 0 saturated carbocycles. The molecule has 1 heterocycles. The van der Waals surface area contributed by atoms with E-state index in [1.807, 2.05) is 55.5 Å². The predicted molar refractivity (Wildman–Crippen MR) is 130 cm³/mol. The number of nitrogens with one attached hydrogen (secondary N) is 2. The number of ether oxygens (including phenoxy) is 2. The third-order valence-corrected chi connectivity index (χ3v) is 5.41. The Kier molecular flexibility index (Phi) is 6.31. The fraction of sp³-hybridized carbons (Fsp3) is 0.115. The first-order valence-electron chi connectivity index (χ1n) is 10.4. The van der Waals surface area contributed by atoms with Crippen molar-refractivity contribution in [1.29, 1.82) is 0 Å². The number of aromatic carboxylic acids is 1. The molecule has 1 amide bonds. The standard InChI is InChI=1S/C26H23N3O5/c1-15-9-11-19-18(13-15)21(16-7-5-4-6-8-16)23(28-19)25(30)29-27-14-17-10-12-20(33-2)24(34-3)22(17)26(31)32/h4-14,28H,1-3H3,(H,29,30)(H,31,32). The largest absolute Gasteiger partial charge is 0.493 e. The highest BCUT2D eigenvalue weighted by atomic mass is 16.5. The van der Waals surface area contributed by atoms with E-state index in [1.54, 1.807) is 6.07 Å². The fourth-order valence-electron chi connectivity index (χ4n) is 3.87. The summed E-state index contributed by atoms with van der Waals surface area (Å²) in [5.41, 5.74) is 6.54. The number of hydrazone groups is 1. The minimum Gasteiger partial charge on any atom is -0.493 e. The number of methoxy groups -OCH3 is 2. The van der Waals surface area contributed by atoms with Gasteiger partial charge in [0.25, 0.3) is 5.91 Å². The van der Waals surface area contributed by atoms with Crippen LogP contribution in [-0.2, 0) is 0 Å². The minimum absolute atomic E-state index is 0.0719. The van der Waals surface area contributed by atoms with Gasteiger partial charge in [-0.3, -0.25) is 4.79 Å².